The Morgan fingerprint density at radius 1 is 1.25 bits per heavy atom. The highest BCUT2D eigenvalue weighted by molar-refractivity contribution is 7.09. The molecule has 0 radical (unpaired) electrons. The summed E-state index contributed by atoms with van der Waals surface area (Å²) in [6.45, 7) is 2.67. The van der Waals surface area contributed by atoms with Crippen molar-refractivity contribution in [2.45, 2.75) is 32.2 Å². The van der Waals surface area contributed by atoms with E-state index in [9.17, 15) is 0 Å². The molecule has 2 rings (SSSR count). The van der Waals surface area contributed by atoms with Crippen LogP contribution in [0.4, 0.5) is 0 Å². The van der Waals surface area contributed by atoms with Crippen LogP contribution in [0.25, 0.3) is 0 Å². The Morgan fingerprint density at radius 3 is 2.80 bits per heavy atom. The number of hydrogen-bond donors (Lipinski definition) is 2. The highest BCUT2D eigenvalue weighted by Gasteiger charge is 2.14. The van der Waals surface area contributed by atoms with Crippen LogP contribution in [0, 0.1) is 0 Å². The molecule has 0 aliphatic rings. The minimum atomic E-state index is 0.137. The van der Waals surface area contributed by atoms with Crippen molar-refractivity contribution in [3.05, 3.63) is 52.2 Å². The van der Waals surface area contributed by atoms with E-state index in [0.717, 1.165) is 30.6 Å². The Labute approximate surface area is 124 Å². The van der Waals surface area contributed by atoms with Crippen LogP contribution < -0.4 is 16.0 Å². The van der Waals surface area contributed by atoms with E-state index in [1.165, 1.54) is 4.88 Å². The maximum atomic E-state index is 5.73. The van der Waals surface area contributed by atoms with Gasteiger partial charge in [0.2, 0.25) is 0 Å². The van der Waals surface area contributed by atoms with Gasteiger partial charge in [0.15, 0.2) is 0 Å². The van der Waals surface area contributed by atoms with E-state index >= 15 is 0 Å². The van der Waals surface area contributed by atoms with Gasteiger partial charge in [-0.15, -0.1) is 11.3 Å². The van der Waals surface area contributed by atoms with E-state index < -0.39 is 0 Å². The Bertz CT molecular complexity index is 499. The molecule has 0 fully saturated rings. The monoisotopic (exact) mass is 290 g/mol. The average molecular weight is 290 g/mol. The minimum absolute atomic E-state index is 0.137. The van der Waals surface area contributed by atoms with Crippen molar-refractivity contribution in [1.82, 2.24) is 5.43 Å². The fourth-order valence-electron chi connectivity index (χ4n) is 2.32. The number of nitrogens with two attached hydrogens (primary N) is 1. The Kier molecular flexibility index (Phi) is 6.05. The Hall–Kier alpha value is -1.36. The van der Waals surface area contributed by atoms with E-state index in [2.05, 4.69) is 29.0 Å². The minimum Gasteiger partial charge on any atom is -0.494 e. The van der Waals surface area contributed by atoms with Crippen LogP contribution in [-0.4, -0.2) is 6.61 Å². The van der Waals surface area contributed by atoms with Crippen LogP contribution in [0.1, 0.15) is 36.2 Å². The molecule has 0 spiro atoms. The summed E-state index contributed by atoms with van der Waals surface area (Å²) in [7, 11) is 0. The molecule has 0 saturated heterocycles. The standard InChI is InChI=1S/C16H22N2OS/c1-2-19-16-11-4-3-9-14(16)15(18-17)10-5-7-13-8-6-12-20-13/h3-4,6,8-9,11-12,15,18H,2,5,7,10,17H2,1H3. The number of nitrogens with one attached hydrogen (secondary N) is 1. The van der Waals surface area contributed by atoms with Gasteiger partial charge in [0.25, 0.3) is 0 Å². The summed E-state index contributed by atoms with van der Waals surface area (Å²) in [5, 5.41) is 2.12. The molecule has 1 aromatic carbocycles. The molecule has 0 saturated carbocycles. The summed E-state index contributed by atoms with van der Waals surface area (Å²) in [6.07, 6.45) is 3.21. The third-order valence-electron chi connectivity index (χ3n) is 3.29. The van der Waals surface area contributed by atoms with Crippen molar-refractivity contribution in [3.8, 4) is 5.75 Å². The normalized spacial score (nSPS) is 12.3. The van der Waals surface area contributed by atoms with Gasteiger partial charge in [0.1, 0.15) is 5.75 Å². The lowest BCUT2D eigenvalue weighted by Crippen LogP contribution is -2.28. The molecule has 3 N–H and O–H groups in total. The van der Waals surface area contributed by atoms with Crippen LogP contribution >= 0.6 is 11.3 Å². The summed E-state index contributed by atoms with van der Waals surface area (Å²) in [5.74, 6) is 6.65. The zero-order valence-electron chi connectivity index (χ0n) is 11.8. The topological polar surface area (TPSA) is 47.3 Å². The lowest BCUT2D eigenvalue weighted by atomic mass is 10.0. The third-order valence-corrected chi connectivity index (χ3v) is 4.23. The molecule has 2 aromatic rings. The molecule has 1 aromatic heterocycles. The Morgan fingerprint density at radius 2 is 2.10 bits per heavy atom. The fourth-order valence-corrected chi connectivity index (χ4v) is 3.07. The van der Waals surface area contributed by atoms with E-state index in [0.29, 0.717) is 6.61 Å². The number of aryl methyl sites for hydroxylation is 1. The summed E-state index contributed by atoms with van der Waals surface area (Å²) in [5.41, 5.74) is 4.06. The smallest absolute Gasteiger partial charge is 0.124 e. The van der Waals surface area contributed by atoms with Crippen molar-refractivity contribution in [1.29, 1.82) is 0 Å². The second kappa shape index (κ2) is 8.04. The van der Waals surface area contributed by atoms with Crippen LogP contribution in [0.15, 0.2) is 41.8 Å². The maximum absolute atomic E-state index is 5.73. The van der Waals surface area contributed by atoms with Gasteiger partial charge in [-0.2, -0.15) is 0 Å². The number of para-hydroxylation sites is 1. The van der Waals surface area contributed by atoms with Gasteiger partial charge in [-0.1, -0.05) is 24.3 Å². The molecule has 108 valence electrons. The average Bonchev–Trinajstić information content (AvgIpc) is 2.98. The van der Waals surface area contributed by atoms with E-state index in [1.807, 2.05) is 36.5 Å². The van der Waals surface area contributed by atoms with Crippen LogP contribution in [0.2, 0.25) is 0 Å². The summed E-state index contributed by atoms with van der Waals surface area (Å²) in [4.78, 5) is 1.43. The van der Waals surface area contributed by atoms with Crippen molar-refractivity contribution in [2.75, 3.05) is 6.61 Å². The first-order valence-electron chi connectivity index (χ1n) is 7.05. The van der Waals surface area contributed by atoms with Crippen LogP contribution in [0.3, 0.4) is 0 Å². The predicted molar refractivity (Wildman–Crippen MR) is 84.9 cm³/mol. The molecule has 3 nitrogen and oxygen atoms in total. The number of hydrazine groups is 1. The molecule has 0 bridgehead atoms. The first-order valence-corrected chi connectivity index (χ1v) is 7.93. The van der Waals surface area contributed by atoms with Gasteiger partial charge >= 0.3 is 0 Å². The Balaban J connectivity index is 1.97. The molecular weight excluding hydrogens is 268 g/mol. The van der Waals surface area contributed by atoms with Gasteiger partial charge in [-0.3, -0.25) is 11.3 Å². The molecule has 1 heterocycles. The van der Waals surface area contributed by atoms with E-state index in [1.54, 1.807) is 0 Å². The quantitative estimate of drug-likeness (QED) is 0.576. The second-order valence-electron chi connectivity index (χ2n) is 4.66. The lowest BCUT2D eigenvalue weighted by Gasteiger charge is -2.19. The first-order chi connectivity index (χ1) is 9.85. The predicted octanol–water partition coefficient (Wildman–Crippen LogP) is 3.67. The van der Waals surface area contributed by atoms with Crippen molar-refractivity contribution in [2.24, 2.45) is 5.84 Å². The third kappa shape index (κ3) is 4.07. The summed E-state index contributed by atoms with van der Waals surface area (Å²) < 4.78 is 5.68. The van der Waals surface area contributed by atoms with E-state index in [-0.39, 0.29) is 6.04 Å². The number of thiophene rings is 1. The molecule has 4 heteroatoms. The zero-order chi connectivity index (χ0) is 14.2. The van der Waals surface area contributed by atoms with Gasteiger partial charge in [0.05, 0.1) is 6.61 Å². The van der Waals surface area contributed by atoms with Gasteiger partial charge in [-0.25, -0.2) is 0 Å². The zero-order valence-corrected chi connectivity index (χ0v) is 12.7. The highest BCUT2D eigenvalue weighted by Crippen LogP contribution is 2.28. The fraction of sp³-hybridized carbons (Fsp3) is 0.375. The molecule has 0 amide bonds. The first kappa shape index (κ1) is 15.0. The maximum Gasteiger partial charge on any atom is 0.124 e. The van der Waals surface area contributed by atoms with Gasteiger partial charge in [0, 0.05) is 16.5 Å². The number of benzene rings is 1. The van der Waals surface area contributed by atoms with E-state index in [4.69, 9.17) is 10.6 Å². The van der Waals surface area contributed by atoms with Crippen molar-refractivity contribution in [3.63, 3.8) is 0 Å². The van der Waals surface area contributed by atoms with Gasteiger partial charge < -0.3 is 4.74 Å². The summed E-state index contributed by atoms with van der Waals surface area (Å²) in [6, 6.07) is 12.5. The largest absolute Gasteiger partial charge is 0.494 e. The molecular formula is C16H22N2OS. The molecule has 0 aliphatic carbocycles. The van der Waals surface area contributed by atoms with Crippen LogP contribution in [-0.2, 0) is 6.42 Å². The lowest BCUT2D eigenvalue weighted by molar-refractivity contribution is 0.329. The molecule has 0 aliphatic heterocycles. The molecule has 1 atom stereocenters. The second-order valence-corrected chi connectivity index (χ2v) is 5.69. The van der Waals surface area contributed by atoms with Crippen molar-refractivity contribution < 1.29 is 4.74 Å². The van der Waals surface area contributed by atoms with Crippen LogP contribution in [0.5, 0.6) is 5.75 Å². The molecule has 1 unspecified atom stereocenters. The summed E-state index contributed by atoms with van der Waals surface area (Å²) >= 11 is 1.81. The number of rotatable bonds is 8. The number of ether oxygens (including phenoxy) is 1. The van der Waals surface area contributed by atoms with Crippen molar-refractivity contribution >= 4 is 11.3 Å². The SMILES string of the molecule is CCOc1ccccc1C(CCCc1cccs1)NN. The highest BCUT2D eigenvalue weighted by atomic mass is 32.1. The number of hydrogen-bond acceptors (Lipinski definition) is 4. The van der Waals surface area contributed by atoms with Gasteiger partial charge in [-0.05, 0) is 43.7 Å². The molecule has 20 heavy (non-hydrogen) atoms.